The Morgan fingerprint density at radius 1 is 1.24 bits per heavy atom. The van der Waals surface area contributed by atoms with E-state index in [-0.39, 0.29) is 24.9 Å². The zero-order chi connectivity index (χ0) is 12.4. The lowest BCUT2D eigenvalue weighted by Gasteiger charge is -2.24. The van der Waals surface area contributed by atoms with Gasteiger partial charge >= 0.3 is 0 Å². The fourth-order valence-corrected chi connectivity index (χ4v) is 1.75. The first-order chi connectivity index (χ1) is 8.08. The van der Waals surface area contributed by atoms with E-state index in [1.165, 1.54) is 6.07 Å². The smallest absolute Gasteiger partial charge is 0.255 e. The average Bonchev–Trinajstić information content (AvgIpc) is 2.28. The second kappa shape index (κ2) is 5.00. The molecule has 17 heavy (non-hydrogen) atoms. The molecular weight excluding hydrogens is 267 g/mol. The van der Waals surface area contributed by atoms with Gasteiger partial charge in [-0.25, -0.2) is 4.98 Å². The van der Waals surface area contributed by atoms with Gasteiger partial charge in [-0.05, 0) is 12.1 Å². The largest absolute Gasteiger partial charge is 0.362 e. The molecule has 0 radical (unpaired) electrons. The van der Waals surface area contributed by atoms with Gasteiger partial charge < -0.3 is 4.74 Å². The number of imide groups is 1. The number of halogens is 2. The molecule has 7 heteroatoms. The van der Waals surface area contributed by atoms with Crippen molar-refractivity contribution in [2.75, 3.05) is 13.2 Å². The van der Waals surface area contributed by atoms with E-state index in [4.69, 9.17) is 27.9 Å². The maximum absolute atomic E-state index is 11.5. The molecule has 0 bridgehead atoms. The van der Waals surface area contributed by atoms with E-state index in [0.717, 1.165) is 4.90 Å². The third kappa shape index (κ3) is 2.74. The van der Waals surface area contributed by atoms with Crippen LogP contribution in [0.4, 0.5) is 0 Å². The maximum Gasteiger partial charge on any atom is 0.255 e. The second-order valence-corrected chi connectivity index (χ2v) is 4.22. The maximum atomic E-state index is 11.5. The molecule has 0 atom stereocenters. The van der Waals surface area contributed by atoms with E-state index < -0.39 is 11.8 Å². The first kappa shape index (κ1) is 12.3. The number of ether oxygens (including phenoxy) is 1. The van der Waals surface area contributed by atoms with Gasteiger partial charge in [-0.1, -0.05) is 23.2 Å². The van der Waals surface area contributed by atoms with Crippen molar-refractivity contribution in [2.45, 2.75) is 6.54 Å². The second-order valence-electron chi connectivity index (χ2n) is 3.43. The molecule has 2 amide bonds. The number of hydrogen-bond acceptors (Lipinski definition) is 4. The zero-order valence-corrected chi connectivity index (χ0v) is 10.2. The summed E-state index contributed by atoms with van der Waals surface area (Å²) in [6.45, 7) is -0.200. The van der Waals surface area contributed by atoms with Crippen LogP contribution >= 0.6 is 23.2 Å². The van der Waals surface area contributed by atoms with Crippen molar-refractivity contribution >= 4 is 35.0 Å². The van der Waals surface area contributed by atoms with Gasteiger partial charge in [-0.2, -0.15) is 0 Å². The van der Waals surface area contributed by atoms with Crippen molar-refractivity contribution in [1.29, 1.82) is 0 Å². The van der Waals surface area contributed by atoms with Crippen LogP contribution in [0.15, 0.2) is 12.1 Å². The molecule has 0 aliphatic carbocycles. The molecule has 0 spiro atoms. The van der Waals surface area contributed by atoms with Crippen LogP contribution in [0.25, 0.3) is 0 Å². The summed E-state index contributed by atoms with van der Waals surface area (Å²) in [6.07, 6.45) is 0. The van der Waals surface area contributed by atoms with Crippen molar-refractivity contribution in [3.05, 3.63) is 28.0 Å². The summed E-state index contributed by atoms with van der Waals surface area (Å²) in [5.41, 5.74) is 0.391. The van der Waals surface area contributed by atoms with Crippen LogP contribution in [0.3, 0.4) is 0 Å². The number of hydrogen-bond donors (Lipinski definition) is 0. The third-order valence-corrected chi connectivity index (χ3v) is 2.80. The molecule has 0 N–H and O–H groups in total. The lowest BCUT2D eigenvalue weighted by atomic mass is 10.3. The van der Waals surface area contributed by atoms with E-state index in [0.29, 0.717) is 10.7 Å². The molecular formula is C10H8Cl2N2O3. The van der Waals surface area contributed by atoms with E-state index >= 15 is 0 Å². The van der Waals surface area contributed by atoms with Gasteiger partial charge in [-0.15, -0.1) is 0 Å². The van der Waals surface area contributed by atoms with E-state index in [1.54, 1.807) is 6.07 Å². The Morgan fingerprint density at radius 3 is 2.53 bits per heavy atom. The van der Waals surface area contributed by atoms with Crippen LogP contribution in [0.5, 0.6) is 0 Å². The average molecular weight is 275 g/mol. The molecule has 0 aromatic carbocycles. The van der Waals surface area contributed by atoms with E-state index in [2.05, 4.69) is 4.98 Å². The summed E-state index contributed by atoms with van der Waals surface area (Å²) in [4.78, 5) is 28.0. The van der Waals surface area contributed by atoms with Crippen LogP contribution in [0.1, 0.15) is 5.69 Å². The summed E-state index contributed by atoms with van der Waals surface area (Å²) in [5, 5.41) is 0.624. The Labute approximate surface area is 107 Å². The van der Waals surface area contributed by atoms with E-state index in [9.17, 15) is 9.59 Å². The summed E-state index contributed by atoms with van der Waals surface area (Å²) < 4.78 is 4.80. The first-order valence-corrected chi connectivity index (χ1v) is 5.55. The number of carbonyl (C=O) groups is 2. The Morgan fingerprint density at radius 2 is 1.88 bits per heavy atom. The molecule has 5 nitrogen and oxygen atoms in total. The topological polar surface area (TPSA) is 59.5 Å². The zero-order valence-electron chi connectivity index (χ0n) is 8.65. The van der Waals surface area contributed by atoms with Crippen LogP contribution in [0.2, 0.25) is 10.2 Å². The highest BCUT2D eigenvalue weighted by Gasteiger charge is 2.27. The fraction of sp³-hybridized carbons (Fsp3) is 0.300. The van der Waals surface area contributed by atoms with Gasteiger partial charge in [0.2, 0.25) is 0 Å². The summed E-state index contributed by atoms with van der Waals surface area (Å²) >= 11 is 11.6. The highest BCUT2D eigenvalue weighted by Crippen LogP contribution is 2.19. The van der Waals surface area contributed by atoms with Crippen molar-refractivity contribution < 1.29 is 14.3 Å². The van der Waals surface area contributed by atoms with Gasteiger partial charge in [-0.3, -0.25) is 14.5 Å². The molecule has 1 aromatic rings. The molecule has 90 valence electrons. The highest BCUT2D eigenvalue weighted by molar-refractivity contribution is 6.32. The number of morpholine rings is 1. The third-order valence-electron chi connectivity index (χ3n) is 2.25. The molecule has 0 saturated carbocycles. The predicted molar refractivity (Wildman–Crippen MR) is 60.6 cm³/mol. The van der Waals surface area contributed by atoms with E-state index in [1.807, 2.05) is 0 Å². The Kier molecular flexibility index (Phi) is 3.61. The number of rotatable bonds is 2. The molecule has 0 unspecified atom stereocenters. The number of amides is 2. The van der Waals surface area contributed by atoms with Crippen molar-refractivity contribution in [3.63, 3.8) is 0 Å². The van der Waals surface area contributed by atoms with Crippen LogP contribution in [0, 0.1) is 0 Å². The van der Waals surface area contributed by atoms with Crippen molar-refractivity contribution in [2.24, 2.45) is 0 Å². The minimum absolute atomic E-state index is 0.0143. The number of aromatic nitrogens is 1. The standard InChI is InChI=1S/C10H8Cl2N2O3/c11-6-1-2-8(12)13-7(6)3-14-9(15)4-17-5-10(14)16/h1-2H,3-5H2. The number of nitrogens with zero attached hydrogens (tertiary/aromatic N) is 2. The quantitative estimate of drug-likeness (QED) is 0.602. The first-order valence-electron chi connectivity index (χ1n) is 4.80. The molecule has 1 aromatic heterocycles. The van der Waals surface area contributed by atoms with Crippen molar-refractivity contribution in [1.82, 2.24) is 9.88 Å². The Hall–Kier alpha value is -1.17. The normalized spacial score (nSPS) is 16.5. The van der Waals surface area contributed by atoms with Crippen LogP contribution in [-0.4, -0.2) is 34.9 Å². The monoisotopic (exact) mass is 274 g/mol. The van der Waals surface area contributed by atoms with Gasteiger partial charge in [0.15, 0.2) is 0 Å². The molecule has 1 aliphatic rings. The molecule has 2 heterocycles. The minimum atomic E-state index is -0.404. The SMILES string of the molecule is O=C1COCC(=O)N1Cc1nc(Cl)ccc1Cl. The van der Waals surface area contributed by atoms with Gasteiger partial charge in [0, 0.05) is 0 Å². The van der Waals surface area contributed by atoms with Gasteiger partial charge in [0.1, 0.15) is 18.4 Å². The highest BCUT2D eigenvalue weighted by atomic mass is 35.5. The summed E-state index contributed by atoms with van der Waals surface area (Å²) in [5.74, 6) is -0.807. The summed E-state index contributed by atoms with van der Waals surface area (Å²) in [7, 11) is 0. The Balaban J connectivity index is 2.21. The van der Waals surface area contributed by atoms with Crippen LogP contribution in [-0.2, 0) is 20.9 Å². The molecule has 1 aliphatic heterocycles. The molecule has 1 saturated heterocycles. The predicted octanol–water partition coefficient (Wildman–Crippen LogP) is 1.27. The Bertz CT molecular complexity index is 463. The number of pyridine rings is 1. The lowest BCUT2D eigenvalue weighted by molar-refractivity contribution is -0.159. The van der Waals surface area contributed by atoms with Crippen molar-refractivity contribution in [3.8, 4) is 0 Å². The lowest BCUT2D eigenvalue weighted by Crippen LogP contribution is -2.45. The minimum Gasteiger partial charge on any atom is -0.362 e. The fourth-order valence-electron chi connectivity index (χ4n) is 1.42. The summed E-state index contributed by atoms with van der Waals surface area (Å²) in [6, 6.07) is 3.11. The van der Waals surface area contributed by atoms with Gasteiger partial charge in [0.25, 0.3) is 11.8 Å². The number of carbonyl (C=O) groups excluding carboxylic acids is 2. The van der Waals surface area contributed by atoms with Crippen LogP contribution < -0.4 is 0 Å². The molecule has 1 fully saturated rings. The molecule has 2 rings (SSSR count). The van der Waals surface area contributed by atoms with Gasteiger partial charge in [0.05, 0.1) is 17.3 Å².